The maximum Gasteiger partial charge on any atom is 0.326 e. The first kappa shape index (κ1) is 20.6. The molecule has 0 saturated carbocycles. The molecule has 3 amide bonds. The number of fused-ring (bicyclic) bond motifs is 1. The van der Waals surface area contributed by atoms with Crippen LogP contribution in [0.3, 0.4) is 0 Å². The van der Waals surface area contributed by atoms with Crippen molar-refractivity contribution >= 4 is 34.6 Å². The van der Waals surface area contributed by atoms with Crippen molar-refractivity contribution < 1.29 is 23.9 Å². The number of amides is 3. The molecule has 0 spiro atoms. The molecule has 8 heteroatoms. The van der Waals surface area contributed by atoms with Crippen molar-refractivity contribution in [3.8, 4) is 0 Å². The standard InChI is InChI=1S/C21H25N3O5/c1-5-21(6-2)19(27)24(20(28)23-21)11-16(25)29-13(4)18(26)17-12(3)22-15-10-8-7-9-14(15)17/h7-10,13,22H,5-6,11H2,1-4H3,(H,23,28)/t13-/m1/s1. The molecule has 1 fully saturated rings. The fraction of sp³-hybridized carbons (Fsp3) is 0.429. The number of esters is 1. The minimum Gasteiger partial charge on any atom is -0.453 e. The van der Waals surface area contributed by atoms with E-state index in [-0.39, 0.29) is 5.78 Å². The van der Waals surface area contributed by atoms with Crippen LogP contribution in [0.15, 0.2) is 24.3 Å². The number of hydrogen-bond acceptors (Lipinski definition) is 5. The lowest BCUT2D eigenvalue weighted by Crippen LogP contribution is -2.46. The highest BCUT2D eigenvalue weighted by atomic mass is 16.5. The second-order valence-electron chi connectivity index (χ2n) is 7.28. The number of aryl methyl sites for hydroxylation is 1. The molecule has 0 unspecified atom stereocenters. The van der Waals surface area contributed by atoms with Crippen LogP contribution < -0.4 is 5.32 Å². The molecular formula is C21H25N3O5. The Hall–Kier alpha value is -3.16. The zero-order valence-corrected chi connectivity index (χ0v) is 17.0. The first-order chi connectivity index (χ1) is 13.7. The number of imide groups is 1. The Bertz CT molecular complexity index is 989. The van der Waals surface area contributed by atoms with Gasteiger partial charge in [-0.25, -0.2) is 4.79 Å². The first-order valence-electron chi connectivity index (χ1n) is 9.69. The summed E-state index contributed by atoms with van der Waals surface area (Å²) in [6, 6.07) is 6.75. The Balaban J connectivity index is 1.71. The van der Waals surface area contributed by atoms with Gasteiger partial charge in [0.1, 0.15) is 12.1 Å². The molecule has 8 nitrogen and oxygen atoms in total. The van der Waals surface area contributed by atoms with E-state index in [1.165, 1.54) is 6.92 Å². The van der Waals surface area contributed by atoms with E-state index in [0.29, 0.717) is 24.1 Å². The largest absolute Gasteiger partial charge is 0.453 e. The molecule has 154 valence electrons. The molecule has 0 aliphatic carbocycles. The SMILES string of the molecule is CCC1(CC)NC(=O)N(CC(=O)O[C@H](C)C(=O)c2c(C)[nH]c3ccccc23)C1=O. The zero-order valence-electron chi connectivity index (χ0n) is 17.0. The number of aromatic amines is 1. The minimum atomic E-state index is -1.05. The van der Waals surface area contributed by atoms with Crippen LogP contribution in [-0.4, -0.2) is 51.8 Å². The molecule has 2 heterocycles. The van der Waals surface area contributed by atoms with Crippen LogP contribution in [-0.2, 0) is 14.3 Å². The predicted octanol–water partition coefficient (Wildman–Crippen LogP) is 2.70. The summed E-state index contributed by atoms with van der Waals surface area (Å²) in [4.78, 5) is 54.0. The van der Waals surface area contributed by atoms with Crippen LogP contribution in [0.5, 0.6) is 0 Å². The number of aromatic nitrogens is 1. The Kier molecular flexibility index (Phi) is 5.46. The molecule has 2 aromatic rings. The lowest BCUT2D eigenvalue weighted by Gasteiger charge is -2.23. The lowest BCUT2D eigenvalue weighted by molar-refractivity contribution is -0.150. The number of nitrogens with one attached hydrogen (secondary N) is 2. The molecule has 3 rings (SSSR count). The van der Waals surface area contributed by atoms with Crippen LogP contribution in [0, 0.1) is 6.92 Å². The average molecular weight is 399 g/mol. The highest BCUT2D eigenvalue weighted by molar-refractivity contribution is 6.12. The van der Waals surface area contributed by atoms with Gasteiger partial charge >= 0.3 is 12.0 Å². The number of ketones is 1. The first-order valence-corrected chi connectivity index (χ1v) is 9.69. The third kappa shape index (κ3) is 3.50. The summed E-state index contributed by atoms with van der Waals surface area (Å²) in [5.74, 6) is -1.60. The smallest absolute Gasteiger partial charge is 0.326 e. The molecule has 1 aliphatic rings. The van der Waals surface area contributed by atoms with E-state index < -0.39 is 36.1 Å². The summed E-state index contributed by atoms with van der Waals surface area (Å²) in [6.45, 7) is 6.33. The van der Waals surface area contributed by atoms with Gasteiger partial charge < -0.3 is 15.0 Å². The van der Waals surface area contributed by atoms with E-state index in [1.54, 1.807) is 20.8 Å². The van der Waals surface area contributed by atoms with Gasteiger partial charge in [-0.3, -0.25) is 19.3 Å². The van der Waals surface area contributed by atoms with E-state index in [9.17, 15) is 19.2 Å². The van der Waals surface area contributed by atoms with Crippen molar-refractivity contribution in [3.05, 3.63) is 35.5 Å². The molecule has 1 aliphatic heterocycles. The summed E-state index contributed by atoms with van der Waals surface area (Å²) in [5, 5.41) is 3.41. The van der Waals surface area contributed by atoms with Crippen molar-refractivity contribution in [2.45, 2.75) is 52.2 Å². The van der Waals surface area contributed by atoms with E-state index >= 15 is 0 Å². The lowest BCUT2D eigenvalue weighted by atomic mass is 9.93. The van der Waals surface area contributed by atoms with Crippen molar-refractivity contribution in [1.82, 2.24) is 15.2 Å². The molecule has 1 aromatic carbocycles. The normalized spacial score (nSPS) is 16.8. The highest BCUT2D eigenvalue weighted by Crippen LogP contribution is 2.26. The number of H-pyrrole nitrogens is 1. The van der Waals surface area contributed by atoms with Crippen LogP contribution in [0.2, 0.25) is 0 Å². The molecule has 1 saturated heterocycles. The quantitative estimate of drug-likeness (QED) is 0.423. The summed E-state index contributed by atoms with van der Waals surface area (Å²) in [5.41, 5.74) is 0.984. The van der Waals surface area contributed by atoms with Gasteiger partial charge in [-0.05, 0) is 32.8 Å². The fourth-order valence-corrected chi connectivity index (χ4v) is 3.76. The van der Waals surface area contributed by atoms with Crippen LogP contribution >= 0.6 is 0 Å². The Morgan fingerprint density at radius 3 is 2.45 bits per heavy atom. The minimum absolute atomic E-state index is 0.345. The zero-order chi connectivity index (χ0) is 21.3. The second kappa shape index (κ2) is 7.69. The van der Waals surface area contributed by atoms with Gasteiger partial charge in [0.25, 0.3) is 5.91 Å². The molecule has 29 heavy (non-hydrogen) atoms. The Morgan fingerprint density at radius 2 is 1.83 bits per heavy atom. The topological polar surface area (TPSA) is 109 Å². The number of hydrogen-bond donors (Lipinski definition) is 2. The predicted molar refractivity (Wildman–Crippen MR) is 106 cm³/mol. The van der Waals surface area contributed by atoms with Crippen LogP contribution in [0.25, 0.3) is 10.9 Å². The number of para-hydroxylation sites is 1. The third-order valence-electron chi connectivity index (χ3n) is 5.56. The number of carbonyl (C=O) groups excluding carboxylic acids is 4. The molecule has 1 atom stereocenters. The van der Waals surface area contributed by atoms with Crippen LogP contribution in [0.4, 0.5) is 4.79 Å². The number of rotatable bonds is 7. The molecule has 0 radical (unpaired) electrons. The van der Waals surface area contributed by atoms with Crippen LogP contribution in [0.1, 0.15) is 49.7 Å². The van der Waals surface area contributed by atoms with Crippen molar-refractivity contribution in [3.63, 3.8) is 0 Å². The van der Waals surface area contributed by atoms with E-state index in [1.807, 2.05) is 24.3 Å². The average Bonchev–Trinajstić information content (AvgIpc) is 3.15. The number of benzene rings is 1. The maximum absolute atomic E-state index is 12.9. The summed E-state index contributed by atoms with van der Waals surface area (Å²) < 4.78 is 5.26. The van der Waals surface area contributed by atoms with Gasteiger partial charge in [-0.1, -0.05) is 32.0 Å². The van der Waals surface area contributed by atoms with Crippen molar-refractivity contribution in [2.24, 2.45) is 0 Å². The summed E-state index contributed by atoms with van der Waals surface area (Å²) >= 11 is 0. The van der Waals surface area contributed by atoms with E-state index in [2.05, 4.69) is 10.3 Å². The second-order valence-corrected chi connectivity index (χ2v) is 7.28. The Morgan fingerprint density at radius 1 is 1.17 bits per heavy atom. The number of carbonyl (C=O) groups is 4. The van der Waals surface area contributed by atoms with Crippen molar-refractivity contribution in [2.75, 3.05) is 6.54 Å². The van der Waals surface area contributed by atoms with Gasteiger partial charge in [-0.15, -0.1) is 0 Å². The monoisotopic (exact) mass is 399 g/mol. The van der Waals surface area contributed by atoms with Gasteiger partial charge in [0, 0.05) is 22.2 Å². The fourth-order valence-electron chi connectivity index (χ4n) is 3.76. The number of nitrogens with zero attached hydrogens (tertiary/aromatic N) is 1. The summed E-state index contributed by atoms with van der Waals surface area (Å²) in [6.07, 6.45) is -0.203. The highest BCUT2D eigenvalue weighted by Gasteiger charge is 2.49. The van der Waals surface area contributed by atoms with Crippen molar-refractivity contribution in [1.29, 1.82) is 0 Å². The molecule has 2 N–H and O–H groups in total. The van der Waals surface area contributed by atoms with E-state index in [4.69, 9.17) is 4.74 Å². The number of urea groups is 1. The van der Waals surface area contributed by atoms with Gasteiger partial charge in [0.05, 0.1) is 0 Å². The van der Waals surface area contributed by atoms with E-state index in [0.717, 1.165) is 15.8 Å². The van der Waals surface area contributed by atoms with Gasteiger partial charge in [-0.2, -0.15) is 0 Å². The molecule has 1 aromatic heterocycles. The number of Topliss-reactive ketones (excluding diaryl/α,β-unsaturated/α-hetero) is 1. The molecule has 0 bridgehead atoms. The number of ether oxygens (including phenoxy) is 1. The van der Waals surface area contributed by atoms with Gasteiger partial charge in [0.2, 0.25) is 5.78 Å². The maximum atomic E-state index is 12.9. The summed E-state index contributed by atoms with van der Waals surface area (Å²) in [7, 11) is 0. The molecular weight excluding hydrogens is 374 g/mol. The Labute approximate surface area is 168 Å². The van der Waals surface area contributed by atoms with Gasteiger partial charge in [0.15, 0.2) is 6.10 Å². The third-order valence-corrected chi connectivity index (χ3v) is 5.56.